The number of phenolic OH excluding ortho intramolecular Hbond substituents is 1. The molecule has 116 heavy (non-hydrogen) atoms. The van der Waals surface area contributed by atoms with Crippen molar-refractivity contribution >= 4 is 87.8 Å². The predicted molar refractivity (Wildman–Crippen MR) is 446 cm³/mol. The fourth-order valence-corrected chi connectivity index (χ4v) is 13.6. The third-order valence-corrected chi connectivity index (χ3v) is 20.5. The number of carbonyl (C=O) groups excluding carboxylic acids is 3. The standard InChI is InChI=1S/2C24H28ClF2NO4.C17H23Cl2NO2.C14H21ClN2O.C7H6F2O2.ClH/c2*25-19-2-4-21(5-3-19)30-15-1-12-28-13-10-18(11-14-28)16-20(29)17-31-22-6-8-23(9-7-22)32-24(26)27;18-13-16(21)12-14-6-9-20(10-7-14)8-1-11-22-17-4-2-15(19)3-5-17;15-12-2-4-14(5-3-12)18-11-1-8-17-9-6-13(16)7-10-17;8-7(9)11-6-3-1-5(10)2-4-6;/h2*2-9,18,24H,1,10-17H2;2-5,14H,1,6-13H2;2-5,13H,1,6-11,16H2;1-4,7,10H;1H. The van der Waals surface area contributed by atoms with Crippen molar-refractivity contribution in [2.75, 3.05) is 124 Å². The SMILES string of the molecule is Cl.NC1CCN(CCCOc2ccc(Cl)cc2)CC1.O=C(CCl)CC1CCN(CCCOc2ccc(Cl)cc2)CC1.O=C(COc1ccc(OC(F)F)cc1)CC1CCN(CCCOc2ccc(Cl)cc2)CC1.O=C(COc1ccc(OC(F)F)cc1)CC1CCN(CCCOc2ccc(Cl)cc2)CC1.Oc1ccc(OC(F)F)cc1. The van der Waals surface area contributed by atoms with Gasteiger partial charge in [0.05, 0.1) is 32.3 Å². The highest BCUT2D eigenvalue weighted by molar-refractivity contribution is 6.31. The molecule has 11 rings (SSSR count). The second kappa shape index (κ2) is 56.2. The van der Waals surface area contributed by atoms with E-state index in [4.69, 9.17) is 97.3 Å². The number of benzene rings is 7. The van der Waals surface area contributed by atoms with Gasteiger partial charge in [-0.2, -0.15) is 26.3 Å². The Morgan fingerprint density at radius 2 is 0.560 bits per heavy atom. The fraction of sp³-hybridized carbons (Fsp3) is 0.477. The van der Waals surface area contributed by atoms with Gasteiger partial charge in [0.15, 0.2) is 11.6 Å². The number of ketones is 3. The van der Waals surface area contributed by atoms with Crippen LogP contribution >= 0.6 is 70.4 Å². The summed E-state index contributed by atoms with van der Waals surface area (Å²) < 4.78 is 118. The molecule has 4 heterocycles. The van der Waals surface area contributed by atoms with Gasteiger partial charge in [-0.3, -0.25) is 14.4 Å². The van der Waals surface area contributed by atoms with Crippen LogP contribution in [0, 0.1) is 17.8 Å². The minimum absolute atomic E-state index is 0. The average molecular weight is 1750 g/mol. The Labute approximate surface area is 708 Å². The summed E-state index contributed by atoms with van der Waals surface area (Å²) in [6, 6.07) is 46.8. The number of hydrogen-bond donors (Lipinski definition) is 2. The molecule has 0 radical (unpaired) electrons. The van der Waals surface area contributed by atoms with Gasteiger partial charge in [-0.1, -0.05) is 46.4 Å². The molecule has 0 unspecified atom stereocenters. The van der Waals surface area contributed by atoms with Crippen molar-refractivity contribution in [1.82, 2.24) is 19.6 Å². The van der Waals surface area contributed by atoms with E-state index in [0.29, 0.717) is 84.4 Å². The van der Waals surface area contributed by atoms with E-state index in [1.807, 2.05) is 97.1 Å². The van der Waals surface area contributed by atoms with Gasteiger partial charge in [0.1, 0.15) is 76.5 Å². The van der Waals surface area contributed by atoms with Crippen LogP contribution in [0.2, 0.25) is 20.1 Å². The summed E-state index contributed by atoms with van der Waals surface area (Å²) in [4.78, 5) is 45.6. The quantitative estimate of drug-likeness (QED) is 0.0210. The van der Waals surface area contributed by atoms with E-state index < -0.39 is 19.8 Å². The van der Waals surface area contributed by atoms with Gasteiger partial charge in [-0.15, -0.1) is 24.0 Å². The minimum atomic E-state index is -2.86. The van der Waals surface area contributed by atoms with Gasteiger partial charge in [0, 0.05) is 71.6 Å². The zero-order valence-corrected chi connectivity index (χ0v) is 69.6. The Bertz CT molecular complexity index is 3640. The highest BCUT2D eigenvalue weighted by Gasteiger charge is 2.25. The van der Waals surface area contributed by atoms with Crippen LogP contribution < -0.4 is 48.4 Å². The second-order valence-corrected chi connectivity index (χ2v) is 30.2. The van der Waals surface area contributed by atoms with E-state index in [0.717, 1.165) is 195 Å². The lowest BCUT2D eigenvalue weighted by Crippen LogP contribution is -2.40. The smallest absolute Gasteiger partial charge is 0.387 e. The lowest BCUT2D eigenvalue weighted by Gasteiger charge is -2.31. The van der Waals surface area contributed by atoms with Crippen LogP contribution in [0.1, 0.15) is 96.3 Å². The Balaban J connectivity index is 0.000000234. The number of likely N-dealkylation sites (tertiary alicyclic amines) is 4. The van der Waals surface area contributed by atoms with E-state index in [2.05, 4.69) is 33.8 Å². The van der Waals surface area contributed by atoms with E-state index in [1.54, 1.807) is 0 Å². The number of ether oxygens (including phenoxy) is 9. The maximum atomic E-state index is 12.3. The second-order valence-electron chi connectivity index (χ2n) is 28.2. The number of nitrogens with two attached hydrogens (primary N) is 1. The Hall–Kier alpha value is -7.33. The van der Waals surface area contributed by atoms with Crippen LogP contribution in [-0.4, -0.2) is 192 Å². The first-order valence-electron chi connectivity index (χ1n) is 38.9. The largest absolute Gasteiger partial charge is 0.508 e. The number of piperidine rings is 4. The summed E-state index contributed by atoms with van der Waals surface area (Å²) in [5, 5.41) is 11.6. The lowest BCUT2D eigenvalue weighted by atomic mass is 9.92. The number of carbonyl (C=O) groups is 3. The molecule has 0 aliphatic carbocycles. The fourth-order valence-electron chi connectivity index (χ4n) is 13.0. The van der Waals surface area contributed by atoms with Crippen LogP contribution in [0.4, 0.5) is 26.3 Å². The van der Waals surface area contributed by atoms with Crippen LogP contribution in [-0.2, 0) is 14.4 Å². The van der Waals surface area contributed by atoms with Crippen molar-refractivity contribution in [3.63, 3.8) is 0 Å². The van der Waals surface area contributed by atoms with Gasteiger partial charge in [0.25, 0.3) is 0 Å². The van der Waals surface area contributed by atoms with Crippen molar-refractivity contribution in [3.8, 4) is 57.5 Å². The van der Waals surface area contributed by atoms with E-state index >= 15 is 0 Å². The molecule has 3 N–H and O–H groups in total. The molecule has 4 aliphatic rings. The number of alkyl halides is 7. The first-order valence-corrected chi connectivity index (χ1v) is 41.0. The van der Waals surface area contributed by atoms with E-state index in [1.165, 1.54) is 72.8 Å². The first kappa shape index (κ1) is 97.5. The van der Waals surface area contributed by atoms with Crippen molar-refractivity contribution in [1.29, 1.82) is 0 Å². The zero-order valence-electron chi connectivity index (χ0n) is 65.0. The number of halogens is 12. The molecule has 7 aromatic carbocycles. The molecule has 0 spiro atoms. The molecular weight excluding hydrogens is 1640 g/mol. The summed E-state index contributed by atoms with van der Waals surface area (Å²) >= 11 is 28.9. The Morgan fingerprint density at radius 3 is 0.810 bits per heavy atom. The number of hydrogen-bond acceptors (Lipinski definition) is 18. The third-order valence-electron chi connectivity index (χ3n) is 19.2. The maximum Gasteiger partial charge on any atom is 0.387 e. The summed E-state index contributed by atoms with van der Waals surface area (Å²) in [5.74, 6) is 6.18. The predicted octanol–water partition coefficient (Wildman–Crippen LogP) is 19.9. The number of nitrogens with zero attached hydrogens (tertiary/aromatic N) is 4. The highest BCUT2D eigenvalue weighted by Crippen LogP contribution is 2.28. The molecule has 0 aromatic heterocycles. The van der Waals surface area contributed by atoms with Gasteiger partial charge < -0.3 is 73.1 Å². The monoisotopic (exact) mass is 1740 g/mol. The van der Waals surface area contributed by atoms with Crippen molar-refractivity contribution in [2.45, 2.75) is 122 Å². The van der Waals surface area contributed by atoms with Crippen molar-refractivity contribution in [2.24, 2.45) is 23.5 Å². The summed E-state index contributed by atoms with van der Waals surface area (Å²) in [6.45, 7) is 6.61. The third kappa shape index (κ3) is 42.9. The Kier molecular flexibility index (Phi) is 47.2. The summed E-state index contributed by atoms with van der Waals surface area (Å²) in [6.07, 6.45) is 14.0. The number of phenols is 1. The van der Waals surface area contributed by atoms with Crippen LogP contribution in [0.15, 0.2) is 170 Å². The first-order chi connectivity index (χ1) is 55.5. The molecule has 4 saturated heterocycles. The normalized spacial score (nSPS) is 15.2. The van der Waals surface area contributed by atoms with Gasteiger partial charge in [-0.05, 0) is 317 Å². The van der Waals surface area contributed by atoms with Gasteiger partial charge in [-0.25, -0.2) is 0 Å². The minimum Gasteiger partial charge on any atom is -0.508 e. The lowest BCUT2D eigenvalue weighted by molar-refractivity contribution is -0.123. The summed E-state index contributed by atoms with van der Waals surface area (Å²) in [5.41, 5.74) is 5.88. The zero-order chi connectivity index (χ0) is 82.4. The molecule has 7 aromatic rings. The molecule has 0 atom stereocenters. The van der Waals surface area contributed by atoms with Crippen LogP contribution in [0.3, 0.4) is 0 Å². The molecule has 4 fully saturated rings. The molecule has 18 nitrogen and oxygen atoms in total. The maximum absolute atomic E-state index is 12.3. The average Bonchev–Trinajstić information content (AvgIpc) is 0.894. The molecule has 0 amide bonds. The van der Waals surface area contributed by atoms with Gasteiger partial charge in [0.2, 0.25) is 0 Å². The van der Waals surface area contributed by atoms with Crippen molar-refractivity contribution < 1.29 is 88.5 Å². The molecule has 30 heteroatoms. The Morgan fingerprint density at radius 1 is 0.345 bits per heavy atom. The van der Waals surface area contributed by atoms with E-state index in [9.17, 15) is 40.7 Å². The molecule has 4 aliphatic heterocycles. The molecule has 638 valence electrons. The molecule has 0 bridgehead atoms. The number of aromatic hydroxyl groups is 1. The van der Waals surface area contributed by atoms with Crippen LogP contribution in [0.25, 0.3) is 0 Å². The summed E-state index contributed by atoms with van der Waals surface area (Å²) in [7, 11) is 0. The highest BCUT2D eigenvalue weighted by atomic mass is 35.5. The van der Waals surface area contributed by atoms with Crippen LogP contribution in [0.5, 0.6) is 57.5 Å². The molecule has 0 saturated carbocycles. The van der Waals surface area contributed by atoms with Gasteiger partial charge >= 0.3 is 19.8 Å². The topological polar surface area (TPSA) is 193 Å². The number of rotatable bonds is 39. The molecular formula is C86H107Cl6F6N5O13. The number of Topliss-reactive ketones (excluding diaryl/α,β-unsaturated/α-hetero) is 3. The van der Waals surface area contributed by atoms with E-state index in [-0.39, 0.29) is 71.8 Å². The van der Waals surface area contributed by atoms with Crippen molar-refractivity contribution in [3.05, 3.63) is 190 Å².